The van der Waals surface area contributed by atoms with Gasteiger partial charge >= 0.3 is 0 Å². The number of imide groups is 1. The number of fused-ring (bicyclic) bond motifs is 1. The van der Waals surface area contributed by atoms with E-state index in [2.05, 4.69) is 5.32 Å². The fourth-order valence-electron chi connectivity index (χ4n) is 4.31. The van der Waals surface area contributed by atoms with Gasteiger partial charge in [0.25, 0.3) is 5.91 Å². The van der Waals surface area contributed by atoms with Gasteiger partial charge in [-0.25, -0.2) is 0 Å². The zero-order valence-electron chi connectivity index (χ0n) is 15.9. The highest BCUT2D eigenvalue weighted by Gasteiger charge is 2.39. The molecule has 0 spiro atoms. The zero-order chi connectivity index (χ0) is 19.7. The minimum atomic E-state index is -0.596. The van der Waals surface area contributed by atoms with Gasteiger partial charge in [-0.3, -0.25) is 24.5 Å². The van der Waals surface area contributed by atoms with Crippen molar-refractivity contribution < 1.29 is 19.2 Å². The summed E-state index contributed by atoms with van der Waals surface area (Å²) < 4.78 is 0. The predicted molar refractivity (Wildman–Crippen MR) is 101 cm³/mol. The van der Waals surface area contributed by atoms with Gasteiger partial charge in [-0.05, 0) is 49.3 Å². The molecule has 1 N–H and O–H groups in total. The molecule has 4 rings (SSSR count). The summed E-state index contributed by atoms with van der Waals surface area (Å²) in [4.78, 5) is 52.2. The number of aryl methyl sites for hydroxylation is 1. The van der Waals surface area contributed by atoms with E-state index >= 15 is 0 Å². The monoisotopic (exact) mass is 383 g/mol. The van der Waals surface area contributed by atoms with Crippen LogP contribution in [-0.2, 0) is 27.3 Å². The predicted octanol–water partition coefficient (Wildman–Crippen LogP) is 1.39. The van der Waals surface area contributed by atoms with Crippen molar-refractivity contribution >= 4 is 23.6 Å². The highest BCUT2D eigenvalue weighted by molar-refractivity contribution is 6.05. The summed E-state index contributed by atoms with van der Waals surface area (Å²) in [6.45, 7) is 2.08. The van der Waals surface area contributed by atoms with Crippen LogP contribution in [0, 0.1) is 0 Å². The molecule has 0 aliphatic carbocycles. The van der Waals surface area contributed by atoms with Crippen molar-refractivity contribution in [1.82, 2.24) is 15.1 Å². The molecule has 148 valence electrons. The average Bonchev–Trinajstić information content (AvgIpc) is 3.03. The Morgan fingerprint density at radius 3 is 2.64 bits per heavy atom. The van der Waals surface area contributed by atoms with E-state index in [9.17, 15) is 19.2 Å². The molecular formula is C21H25N3O4. The first kappa shape index (κ1) is 18.7. The molecule has 3 heterocycles. The Balaban J connectivity index is 1.40. The fourth-order valence-corrected chi connectivity index (χ4v) is 4.31. The standard InChI is InChI=1S/C21H25N3O4/c25-18-8-7-17(20(27)22-18)24-13-15-6-4-14(12-16(15)21(24)28)5-9-19(26)23-10-2-1-3-11-23/h4,6,12,17H,1-3,5,7-11,13H2,(H,22,25,27). The molecule has 2 saturated heterocycles. The Morgan fingerprint density at radius 2 is 1.89 bits per heavy atom. The Morgan fingerprint density at radius 1 is 1.11 bits per heavy atom. The molecule has 28 heavy (non-hydrogen) atoms. The Kier molecular flexibility index (Phi) is 5.15. The molecule has 3 aliphatic rings. The summed E-state index contributed by atoms with van der Waals surface area (Å²) in [5, 5.41) is 2.31. The maximum absolute atomic E-state index is 12.8. The molecule has 2 fully saturated rings. The second kappa shape index (κ2) is 7.73. The number of likely N-dealkylation sites (tertiary alicyclic amines) is 1. The van der Waals surface area contributed by atoms with Crippen LogP contribution in [0.3, 0.4) is 0 Å². The maximum atomic E-state index is 12.8. The zero-order valence-corrected chi connectivity index (χ0v) is 15.9. The molecule has 0 aromatic heterocycles. The van der Waals surface area contributed by atoms with Gasteiger partial charge in [0, 0.05) is 38.0 Å². The summed E-state index contributed by atoms with van der Waals surface area (Å²) in [5.74, 6) is -0.679. The van der Waals surface area contributed by atoms with E-state index in [4.69, 9.17) is 0 Å². The van der Waals surface area contributed by atoms with Crippen molar-refractivity contribution in [2.75, 3.05) is 13.1 Å². The quantitative estimate of drug-likeness (QED) is 0.796. The first-order valence-electron chi connectivity index (χ1n) is 10.1. The number of rotatable bonds is 4. The number of amides is 4. The summed E-state index contributed by atoms with van der Waals surface area (Å²) in [7, 11) is 0. The summed E-state index contributed by atoms with van der Waals surface area (Å²) in [5.41, 5.74) is 2.45. The molecule has 0 radical (unpaired) electrons. The largest absolute Gasteiger partial charge is 0.343 e. The van der Waals surface area contributed by atoms with Gasteiger partial charge in [-0.15, -0.1) is 0 Å². The van der Waals surface area contributed by atoms with Crippen LogP contribution in [0.1, 0.15) is 60.0 Å². The second-order valence-corrected chi connectivity index (χ2v) is 7.83. The normalized spacial score (nSPS) is 22.3. The molecule has 0 bridgehead atoms. The second-order valence-electron chi connectivity index (χ2n) is 7.83. The van der Waals surface area contributed by atoms with Gasteiger partial charge in [-0.2, -0.15) is 0 Å². The van der Waals surface area contributed by atoms with Crippen LogP contribution in [0.5, 0.6) is 0 Å². The highest BCUT2D eigenvalue weighted by Crippen LogP contribution is 2.28. The van der Waals surface area contributed by atoms with Crippen molar-refractivity contribution in [3.8, 4) is 0 Å². The SMILES string of the molecule is O=C1CCC(N2Cc3ccc(CCC(=O)N4CCCCC4)cc3C2=O)C(=O)N1. The van der Waals surface area contributed by atoms with E-state index in [1.165, 1.54) is 6.42 Å². The number of carbonyl (C=O) groups excluding carboxylic acids is 4. The lowest BCUT2D eigenvalue weighted by atomic mass is 10.0. The average molecular weight is 383 g/mol. The lowest BCUT2D eigenvalue weighted by Gasteiger charge is -2.29. The number of nitrogens with zero attached hydrogens (tertiary/aromatic N) is 2. The van der Waals surface area contributed by atoms with Crippen molar-refractivity contribution in [3.05, 3.63) is 34.9 Å². The lowest BCUT2D eigenvalue weighted by Crippen LogP contribution is -2.52. The molecule has 7 nitrogen and oxygen atoms in total. The van der Waals surface area contributed by atoms with Gasteiger partial charge in [0.05, 0.1) is 0 Å². The first-order valence-corrected chi connectivity index (χ1v) is 10.1. The van der Waals surface area contributed by atoms with Crippen molar-refractivity contribution in [2.45, 2.75) is 57.5 Å². The molecule has 1 aromatic carbocycles. The molecule has 1 aromatic rings. The third-order valence-corrected chi connectivity index (χ3v) is 5.93. The molecular weight excluding hydrogens is 358 g/mol. The minimum Gasteiger partial charge on any atom is -0.343 e. The smallest absolute Gasteiger partial charge is 0.255 e. The van der Waals surface area contributed by atoms with Crippen LogP contribution in [0.15, 0.2) is 18.2 Å². The Labute approximate surface area is 164 Å². The topological polar surface area (TPSA) is 86.8 Å². The lowest BCUT2D eigenvalue weighted by molar-refractivity contribution is -0.137. The molecule has 4 amide bonds. The van der Waals surface area contributed by atoms with E-state index in [0.717, 1.165) is 37.1 Å². The van der Waals surface area contributed by atoms with E-state index in [1.54, 1.807) is 4.90 Å². The van der Waals surface area contributed by atoms with Gasteiger partial charge in [0.2, 0.25) is 17.7 Å². The molecule has 7 heteroatoms. The van der Waals surface area contributed by atoms with Crippen LogP contribution >= 0.6 is 0 Å². The number of carbonyl (C=O) groups is 4. The molecule has 1 unspecified atom stereocenters. The maximum Gasteiger partial charge on any atom is 0.255 e. The van der Waals surface area contributed by atoms with Crippen LogP contribution in [0.25, 0.3) is 0 Å². The fraction of sp³-hybridized carbons (Fsp3) is 0.524. The van der Waals surface area contributed by atoms with Gasteiger partial charge in [-0.1, -0.05) is 12.1 Å². The molecule has 3 aliphatic heterocycles. The van der Waals surface area contributed by atoms with E-state index < -0.39 is 11.9 Å². The van der Waals surface area contributed by atoms with Crippen LogP contribution in [-0.4, -0.2) is 52.6 Å². The number of hydrogen-bond acceptors (Lipinski definition) is 4. The van der Waals surface area contributed by atoms with Gasteiger partial charge in [0.1, 0.15) is 6.04 Å². The van der Waals surface area contributed by atoms with Crippen LogP contribution < -0.4 is 5.32 Å². The third kappa shape index (κ3) is 3.66. The Hall–Kier alpha value is -2.70. The minimum absolute atomic E-state index is 0.172. The van der Waals surface area contributed by atoms with Gasteiger partial charge in [0.15, 0.2) is 0 Å². The van der Waals surface area contributed by atoms with Crippen LogP contribution in [0.2, 0.25) is 0 Å². The van der Waals surface area contributed by atoms with E-state index in [-0.39, 0.29) is 24.1 Å². The summed E-state index contributed by atoms with van der Waals surface area (Å²) in [6.07, 6.45) is 5.02. The van der Waals surface area contributed by atoms with Crippen LogP contribution in [0.4, 0.5) is 0 Å². The summed E-state index contributed by atoms with van der Waals surface area (Å²) in [6, 6.07) is 5.14. The van der Waals surface area contributed by atoms with E-state index in [0.29, 0.717) is 31.4 Å². The summed E-state index contributed by atoms with van der Waals surface area (Å²) >= 11 is 0. The van der Waals surface area contributed by atoms with Crippen molar-refractivity contribution in [2.24, 2.45) is 0 Å². The number of hydrogen-bond donors (Lipinski definition) is 1. The van der Waals surface area contributed by atoms with Crippen molar-refractivity contribution in [1.29, 1.82) is 0 Å². The number of benzene rings is 1. The number of nitrogens with one attached hydrogen (secondary N) is 1. The third-order valence-electron chi connectivity index (χ3n) is 5.93. The van der Waals surface area contributed by atoms with E-state index in [1.807, 2.05) is 23.1 Å². The van der Waals surface area contributed by atoms with Gasteiger partial charge < -0.3 is 9.80 Å². The molecule has 0 saturated carbocycles. The van der Waals surface area contributed by atoms with Crippen molar-refractivity contribution in [3.63, 3.8) is 0 Å². The highest BCUT2D eigenvalue weighted by atomic mass is 16.2. The Bertz CT molecular complexity index is 829. The number of piperidine rings is 2. The first-order chi connectivity index (χ1) is 13.5. The molecule has 1 atom stereocenters.